The Kier molecular flexibility index (Phi) is 7.16. The van der Waals surface area contributed by atoms with Gasteiger partial charge in [0.15, 0.2) is 18.1 Å². The molecule has 2 aromatic rings. The van der Waals surface area contributed by atoms with Crippen LogP contribution in [0.15, 0.2) is 42.5 Å². The van der Waals surface area contributed by atoms with Crippen LogP contribution >= 0.6 is 0 Å². The van der Waals surface area contributed by atoms with Gasteiger partial charge in [0.2, 0.25) is 0 Å². The Bertz CT molecular complexity index is 791. The van der Waals surface area contributed by atoms with Gasteiger partial charge in [-0.3, -0.25) is 4.79 Å². The summed E-state index contributed by atoms with van der Waals surface area (Å²) in [4.78, 5) is 26.0. The van der Waals surface area contributed by atoms with Crippen LogP contribution in [0.5, 0.6) is 11.5 Å². The molecule has 27 heavy (non-hydrogen) atoms. The van der Waals surface area contributed by atoms with Crippen molar-refractivity contribution in [3.63, 3.8) is 0 Å². The fraction of sp³-hybridized carbons (Fsp3) is 0.300. The summed E-state index contributed by atoms with van der Waals surface area (Å²) < 4.78 is 28.8. The van der Waals surface area contributed by atoms with E-state index >= 15 is 0 Å². The Balaban J connectivity index is 2.03. The highest BCUT2D eigenvalue weighted by Crippen LogP contribution is 2.28. The van der Waals surface area contributed by atoms with Crippen molar-refractivity contribution in [3.8, 4) is 11.5 Å². The summed E-state index contributed by atoms with van der Waals surface area (Å²) in [7, 11) is 1.47. The molecule has 0 aliphatic heterocycles. The number of methoxy groups -OCH3 is 1. The lowest BCUT2D eigenvalue weighted by Crippen LogP contribution is -2.34. The smallest absolute Gasteiger partial charge is 0.338 e. The van der Waals surface area contributed by atoms with Crippen molar-refractivity contribution in [2.24, 2.45) is 0 Å². The van der Waals surface area contributed by atoms with Crippen LogP contribution in [0.4, 0.5) is 10.1 Å². The second-order valence-corrected chi connectivity index (χ2v) is 5.49. The first-order valence-corrected chi connectivity index (χ1v) is 8.54. The molecule has 0 heterocycles. The molecule has 0 radical (unpaired) electrons. The molecule has 1 amide bonds. The highest BCUT2D eigenvalue weighted by molar-refractivity contribution is 5.97. The van der Waals surface area contributed by atoms with E-state index in [-0.39, 0.29) is 5.56 Å². The third-order valence-electron chi connectivity index (χ3n) is 3.78. The maximum Gasteiger partial charge on any atom is 0.338 e. The van der Waals surface area contributed by atoms with Crippen molar-refractivity contribution in [3.05, 3.63) is 53.8 Å². The zero-order chi connectivity index (χ0) is 19.8. The molecule has 0 aliphatic rings. The SMILES string of the molecule is CCOc1ccc(C(=O)OCC(=O)N(CC)c2ccc(F)cc2)cc1OC. The third kappa shape index (κ3) is 5.20. The number of esters is 1. The zero-order valence-electron chi connectivity index (χ0n) is 15.5. The average molecular weight is 375 g/mol. The second-order valence-electron chi connectivity index (χ2n) is 5.49. The van der Waals surface area contributed by atoms with E-state index in [2.05, 4.69) is 0 Å². The van der Waals surface area contributed by atoms with Gasteiger partial charge < -0.3 is 19.1 Å². The van der Waals surface area contributed by atoms with Crippen LogP contribution in [0.25, 0.3) is 0 Å². The number of carbonyl (C=O) groups is 2. The molecule has 0 aliphatic carbocycles. The molecule has 0 saturated heterocycles. The molecule has 7 heteroatoms. The summed E-state index contributed by atoms with van der Waals surface area (Å²) in [6, 6.07) is 10.2. The Labute approximate surface area is 157 Å². The largest absolute Gasteiger partial charge is 0.493 e. The minimum absolute atomic E-state index is 0.243. The van der Waals surface area contributed by atoms with Crippen LogP contribution in [0.1, 0.15) is 24.2 Å². The van der Waals surface area contributed by atoms with E-state index in [4.69, 9.17) is 14.2 Å². The fourth-order valence-electron chi connectivity index (χ4n) is 2.48. The fourth-order valence-corrected chi connectivity index (χ4v) is 2.48. The van der Waals surface area contributed by atoms with E-state index in [1.54, 1.807) is 13.0 Å². The number of ether oxygens (including phenoxy) is 3. The summed E-state index contributed by atoms with van der Waals surface area (Å²) in [5.41, 5.74) is 0.774. The van der Waals surface area contributed by atoms with Gasteiger partial charge >= 0.3 is 5.97 Å². The second kappa shape index (κ2) is 9.56. The minimum atomic E-state index is -0.653. The van der Waals surface area contributed by atoms with Crippen molar-refractivity contribution >= 4 is 17.6 Å². The number of amides is 1. The van der Waals surface area contributed by atoms with E-state index < -0.39 is 24.3 Å². The van der Waals surface area contributed by atoms with Crippen molar-refractivity contribution in [1.82, 2.24) is 0 Å². The van der Waals surface area contributed by atoms with Crippen LogP contribution < -0.4 is 14.4 Å². The van der Waals surface area contributed by atoms with Gasteiger partial charge in [0.25, 0.3) is 5.91 Å². The maximum atomic E-state index is 13.0. The third-order valence-corrected chi connectivity index (χ3v) is 3.78. The summed E-state index contributed by atoms with van der Waals surface area (Å²) in [5, 5.41) is 0. The molecule has 2 rings (SSSR count). The average Bonchev–Trinajstić information content (AvgIpc) is 2.68. The van der Waals surface area contributed by atoms with Gasteiger partial charge in [0.1, 0.15) is 5.82 Å². The van der Waals surface area contributed by atoms with Gasteiger partial charge in [-0.2, -0.15) is 0 Å². The molecular weight excluding hydrogens is 353 g/mol. The molecule has 0 spiro atoms. The van der Waals surface area contributed by atoms with Gasteiger partial charge in [-0.05, 0) is 56.3 Å². The molecule has 144 valence electrons. The first-order valence-electron chi connectivity index (χ1n) is 8.54. The van der Waals surface area contributed by atoms with Gasteiger partial charge in [-0.25, -0.2) is 9.18 Å². The van der Waals surface area contributed by atoms with Crippen molar-refractivity contribution in [2.45, 2.75) is 13.8 Å². The van der Waals surface area contributed by atoms with E-state index in [0.29, 0.717) is 30.3 Å². The van der Waals surface area contributed by atoms with E-state index in [1.165, 1.54) is 48.4 Å². The lowest BCUT2D eigenvalue weighted by atomic mass is 10.2. The molecule has 0 N–H and O–H groups in total. The quantitative estimate of drug-likeness (QED) is 0.662. The number of hydrogen-bond acceptors (Lipinski definition) is 5. The van der Waals surface area contributed by atoms with Crippen molar-refractivity contribution < 1.29 is 28.2 Å². The van der Waals surface area contributed by atoms with Gasteiger partial charge in [0, 0.05) is 12.2 Å². The Hall–Kier alpha value is -3.09. The molecule has 0 bridgehead atoms. The highest BCUT2D eigenvalue weighted by Gasteiger charge is 2.18. The Morgan fingerprint density at radius 1 is 1.04 bits per heavy atom. The van der Waals surface area contributed by atoms with Crippen LogP contribution in [-0.2, 0) is 9.53 Å². The predicted molar refractivity (Wildman–Crippen MR) is 98.9 cm³/mol. The van der Waals surface area contributed by atoms with Crippen LogP contribution in [0.2, 0.25) is 0 Å². The lowest BCUT2D eigenvalue weighted by molar-refractivity contribution is -0.121. The normalized spacial score (nSPS) is 10.2. The summed E-state index contributed by atoms with van der Waals surface area (Å²) in [5.74, 6) is -0.534. The van der Waals surface area contributed by atoms with Crippen molar-refractivity contribution in [2.75, 3.05) is 31.8 Å². The minimum Gasteiger partial charge on any atom is -0.493 e. The number of carbonyl (C=O) groups excluding carboxylic acids is 2. The summed E-state index contributed by atoms with van der Waals surface area (Å²) in [6.07, 6.45) is 0. The number of nitrogens with zero attached hydrogens (tertiary/aromatic N) is 1. The lowest BCUT2D eigenvalue weighted by Gasteiger charge is -2.21. The number of anilines is 1. The molecule has 0 unspecified atom stereocenters. The van der Waals surface area contributed by atoms with Gasteiger partial charge in [-0.1, -0.05) is 0 Å². The van der Waals surface area contributed by atoms with E-state index in [9.17, 15) is 14.0 Å². The number of rotatable bonds is 8. The van der Waals surface area contributed by atoms with Gasteiger partial charge in [0.05, 0.1) is 19.3 Å². The molecule has 2 aromatic carbocycles. The standard InChI is InChI=1S/C20H22FNO5/c1-4-22(16-9-7-15(21)8-10-16)19(23)13-27-20(24)14-6-11-17(26-5-2)18(12-14)25-3/h6-12H,4-5,13H2,1-3H3. The van der Waals surface area contributed by atoms with Crippen molar-refractivity contribution in [1.29, 1.82) is 0 Å². The topological polar surface area (TPSA) is 65.1 Å². The number of halogens is 1. The summed E-state index contributed by atoms with van der Waals surface area (Å²) in [6.45, 7) is 4.01. The Morgan fingerprint density at radius 2 is 1.74 bits per heavy atom. The van der Waals surface area contributed by atoms with E-state index in [0.717, 1.165) is 0 Å². The molecule has 0 fully saturated rings. The van der Waals surface area contributed by atoms with Crippen LogP contribution in [0, 0.1) is 5.82 Å². The first kappa shape index (κ1) is 20.2. The zero-order valence-corrected chi connectivity index (χ0v) is 15.5. The molecule has 6 nitrogen and oxygen atoms in total. The number of benzene rings is 2. The molecule has 0 saturated carbocycles. The molecule has 0 aromatic heterocycles. The number of hydrogen-bond donors (Lipinski definition) is 0. The molecule has 0 atom stereocenters. The summed E-state index contributed by atoms with van der Waals surface area (Å²) >= 11 is 0. The van der Waals surface area contributed by atoms with Crippen LogP contribution in [-0.4, -0.2) is 38.7 Å². The Morgan fingerprint density at radius 3 is 2.33 bits per heavy atom. The number of likely N-dealkylation sites (N-methyl/N-ethyl adjacent to an activating group) is 1. The molecular formula is C20H22FNO5. The maximum absolute atomic E-state index is 13.0. The monoisotopic (exact) mass is 375 g/mol. The van der Waals surface area contributed by atoms with Gasteiger partial charge in [-0.15, -0.1) is 0 Å². The van der Waals surface area contributed by atoms with Crippen LogP contribution in [0.3, 0.4) is 0 Å². The predicted octanol–water partition coefficient (Wildman–Crippen LogP) is 3.44. The van der Waals surface area contributed by atoms with E-state index in [1.807, 2.05) is 6.92 Å². The first-order chi connectivity index (χ1) is 13.0. The highest BCUT2D eigenvalue weighted by atomic mass is 19.1.